The van der Waals surface area contributed by atoms with Gasteiger partial charge in [-0.05, 0) is 37.6 Å². The summed E-state index contributed by atoms with van der Waals surface area (Å²) in [5.74, 6) is 0.160. The number of benzene rings is 1. The van der Waals surface area contributed by atoms with Gasteiger partial charge < -0.3 is 5.32 Å². The zero-order valence-corrected chi connectivity index (χ0v) is 11.6. The summed E-state index contributed by atoms with van der Waals surface area (Å²) < 4.78 is 35.3. The average Bonchev–Trinajstić information content (AvgIpc) is 2.35. The monoisotopic (exact) mass is 273 g/mol. The van der Waals surface area contributed by atoms with Crippen LogP contribution >= 0.6 is 0 Å². The van der Waals surface area contributed by atoms with Crippen molar-refractivity contribution in [2.75, 3.05) is 18.1 Å². The van der Waals surface area contributed by atoms with E-state index in [0.29, 0.717) is 13.0 Å². The maximum Gasteiger partial charge on any atom is 0.150 e. The van der Waals surface area contributed by atoms with Crippen LogP contribution in [0.15, 0.2) is 24.3 Å². The highest BCUT2D eigenvalue weighted by atomic mass is 32.2. The van der Waals surface area contributed by atoms with Gasteiger partial charge in [0.25, 0.3) is 0 Å². The lowest BCUT2D eigenvalue weighted by Crippen LogP contribution is -2.22. The molecule has 0 aliphatic rings. The van der Waals surface area contributed by atoms with Crippen molar-refractivity contribution in [2.24, 2.45) is 0 Å². The summed E-state index contributed by atoms with van der Waals surface area (Å²) in [5.41, 5.74) is 0.995. The predicted molar refractivity (Wildman–Crippen MR) is 71.8 cm³/mol. The SMILES string of the molecule is CCS(=O)(=O)CCCN[C@@H](C)c1ccc(F)cc1. The molecule has 0 spiro atoms. The van der Waals surface area contributed by atoms with Crippen molar-refractivity contribution < 1.29 is 12.8 Å². The second-order valence-corrected chi connectivity index (χ2v) is 6.79. The van der Waals surface area contributed by atoms with Gasteiger partial charge in [-0.25, -0.2) is 12.8 Å². The van der Waals surface area contributed by atoms with E-state index in [0.717, 1.165) is 5.56 Å². The Bertz CT molecular complexity index is 456. The zero-order chi connectivity index (χ0) is 13.6. The van der Waals surface area contributed by atoms with Crippen molar-refractivity contribution in [3.8, 4) is 0 Å². The van der Waals surface area contributed by atoms with Crippen LogP contribution in [0.1, 0.15) is 31.9 Å². The normalized spacial score (nSPS) is 13.5. The summed E-state index contributed by atoms with van der Waals surface area (Å²) in [6.45, 7) is 4.27. The Hall–Kier alpha value is -0.940. The summed E-state index contributed by atoms with van der Waals surface area (Å²) in [5, 5.41) is 3.23. The van der Waals surface area contributed by atoms with Crippen LogP contribution in [0.25, 0.3) is 0 Å². The van der Waals surface area contributed by atoms with Gasteiger partial charge in [0.2, 0.25) is 0 Å². The number of hydrogen-bond acceptors (Lipinski definition) is 3. The first kappa shape index (κ1) is 15.1. The Kier molecular flexibility index (Phi) is 5.75. The molecule has 1 atom stereocenters. The van der Waals surface area contributed by atoms with Crippen LogP contribution in [0.4, 0.5) is 4.39 Å². The third-order valence-electron chi connectivity index (χ3n) is 2.89. The van der Waals surface area contributed by atoms with Crippen LogP contribution in [0.2, 0.25) is 0 Å². The van der Waals surface area contributed by atoms with Gasteiger partial charge in [-0.3, -0.25) is 0 Å². The van der Waals surface area contributed by atoms with Crippen molar-refractivity contribution >= 4 is 9.84 Å². The number of hydrogen-bond donors (Lipinski definition) is 1. The molecule has 0 amide bonds. The maximum atomic E-state index is 12.7. The van der Waals surface area contributed by atoms with Crippen molar-refractivity contribution in [2.45, 2.75) is 26.3 Å². The molecule has 18 heavy (non-hydrogen) atoms. The molecule has 0 aliphatic carbocycles. The molecule has 0 radical (unpaired) electrons. The first-order chi connectivity index (χ1) is 8.44. The highest BCUT2D eigenvalue weighted by molar-refractivity contribution is 7.91. The molecule has 0 fully saturated rings. The van der Waals surface area contributed by atoms with Crippen LogP contribution in [0.5, 0.6) is 0 Å². The van der Waals surface area contributed by atoms with E-state index in [4.69, 9.17) is 0 Å². The number of halogens is 1. The largest absolute Gasteiger partial charge is 0.310 e. The van der Waals surface area contributed by atoms with Crippen molar-refractivity contribution in [1.82, 2.24) is 5.32 Å². The van der Waals surface area contributed by atoms with Crippen molar-refractivity contribution in [3.63, 3.8) is 0 Å². The molecule has 1 aromatic carbocycles. The molecule has 1 N–H and O–H groups in total. The molecule has 102 valence electrons. The summed E-state index contributed by atoms with van der Waals surface area (Å²) >= 11 is 0. The van der Waals surface area contributed by atoms with Crippen molar-refractivity contribution in [1.29, 1.82) is 0 Å². The number of nitrogens with one attached hydrogen (secondary N) is 1. The minimum Gasteiger partial charge on any atom is -0.310 e. The molecule has 0 saturated heterocycles. The number of sulfone groups is 1. The van der Waals surface area contributed by atoms with Gasteiger partial charge in [0.05, 0.1) is 5.75 Å². The maximum absolute atomic E-state index is 12.7. The van der Waals surface area contributed by atoms with Gasteiger partial charge in [-0.1, -0.05) is 19.1 Å². The van der Waals surface area contributed by atoms with Gasteiger partial charge in [0.15, 0.2) is 0 Å². The minimum absolute atomic E-state index is 0.0925. The van der Waals surface area contributed by atoms with Crippen LogP contribution in [0, 0.1) is 5.82 Å². The lowest BCUT2D eigenvalue weighted by Gasteiger charge is -2.14. The Morgan fingerprint density at radius 2 is 1.89 bits per heavy atom. The van der Waals surface area contributed by atoms with E-state index < -0.39 is 9.84 Å². The van der Waals surface area contributed by atoms with Crippen LogP contribution < -0.4 is 5.32 Å². The van der Waals surface area contributed by atoms with Gasteiger partial charge in [0.1, 0.15) is 15.7 Å². The van der Waals surface area contributed by atoms with E-state index in [-0.39, 0.29) is 23.4 Å². The lowest BCUT2D eigenvalue weighted by molar-refractivity contribution is 0.558. The summed E-state index contributed by atoms with van der Waals surface area (Å²) in [6, 6.07) is 6.41. The topological polar surface area (TPSA) is 46.2 Å². The molecule has 0 bridgehead atoms. The fourth-order valence-electron chi connectivity index (χ4n) is 1.62. The molecule has 0 unspecified atom stereocenters. The second kappa shape index (κ2) is 6.85. The standard InChI is InChI=1S/C13H20FNO2S/c1-3-18(16,17)10-4-9-15-11(2)12-5-7-13(14)8-6-12/h5-8,11,15H,3-4,9-10H2,1-2H3/t11-/m0/s1. The Morgan fingerprint density at radius 1 is 1.28 bits per heavy atom. The molecular formula is C13H20FNO2S. The summed E-state index contributed by atoms with van der Waals surface area (Å²) in [4.78, 5) is 0. The molecular weight excluding hydrogens is 253 g/mol. The van der Waals surface area contributed by atoms with E-state index in [2.05, 4.69) is 5.32 Å². The van der Waals surface area contributed by atoms with Gasteiger partial charge in [0, 0.05) is 11.8 Å². The molecule has 3 nitrogen and oxygen atoms in total. The first-order valence-corrected chi connectivity index (χ1v) is 7.96. The quantitative estimate of drug-likeness (QED) is 0.775. The molecule has 0 aromatic heterocycles. The zero-order valence-electron chi connectivity index (χ0n) is 10.8. The van der Waals surface area contributed by atoms with Crippen LogP contribution in [0.3, 0.4) is 0 Å². The fourth-order valence-corrected chi connectivity index (χ4v) is 2.50. The highest BCUT2D eigenvalue weighted by Gasteiger charge is 2.08. The highest BCUT2D eigenvalue weighted by Crippen LogP contribution is 2.12. The minimum atomic E-state index is -2.88. The lowest BCUT2D eigenvalue weighted by atomic mass is 10.1. The summed E-state index contributed by atoms with van der Waals surface area (Å²) in [7, 11) is -2.88. The molecule has 0 saturated carbocycles. The van der Waals surface area contributed by atoms with Gasteiger partial charge in [-0.2, -0.15) is 0 Å². The fraction of sp³-hybridized carbons (Fsp3) is 0.538. The van der Waals surface area contributed by atoms with E-state index >= 15 is 0 Å². The van der Waals surface area contributed by atoms with E-state index in [1.165, 1.54) is 12.1 Å². The van der Waals surface area contributed by atoms with Crippen LogP contribution in [-0.4, -0.2) is 26.5 Å². The molecule has 1 aromatic rings. The van der Waals surface area contributed by atoms with E-state index in [9.17, 15) is 12.8 Å². The smallest absolute Gasteiger partial charge is 0.150 e. The van der Waals surface area contributed by atoms with Gasteiger partial charge >= 0.3 is 0 Å². The molecule has 0 aliphatic heterocycles. The molecule has 1 rings (SSSR count). The molecule has 5 heteroatoms. The average molecular weight is 273 g/mol. The Balaban J connectivity index is 2.34. The third kappa shape index (κ3) is 5.14. The summed E-state index contributed by atoms with van der Waals surface area (Å²) in [6.07, 6.45) is 0.599. The third-order valence-corrected chi connectivity index (χ3v) is 4.68. The van der Waals surface area contributed by atoms with Crippen molar-refractivity contribution in [3.05, 3.63) is 35.6 Å². The van der Waals surface area contributed by atoms with E-state index in [1.807, 2.05) is 6.92 Å². The second-order valence-electron chi connectivity index (χ2n) is 4.32. The molecule has 0 heterocycles. The Morgan fingerprint density at radius 3 is 2.44 bits per heavy atom. The van der Waals surface area contributed by atoms with E-state index in [1.54, 1.807) is 19.1 Å². The van der Waals surface area contributed by atoms with Gasteiger partial charge in [-0.15, -0.1) is 0 Å². The first-order valence-electron chi connectivity index (χ1n) is 6.14. The van der Waals surface area contributed by atoms with Crippen LogP contribution in [-0.2, 0) is 9.84 Å². The Labute approximate surface area is 108 Å². The number of rotatable bonds is 7. The predicted octanol–water partition coefficient (Wildman–Crippen LogP) is 2.30.